The molecule has 0 fully saturated rings. The summed E-state index contributed by atoms with van der Waals surface area (Å²) in [7, 11) is 0. The second-order valence-electron chi connectivity index (χ2n) is 5.82. The molecule has 25 heavy (non-hydrogen) atoms. The number of amides is 1. The molecule has 1 aromatic heterocycles. The Labute approximate surface area is 152 Å². The van der Waals surface area contributed by atoms with Crippen molar-refractivity contribution in [3.05, 3.63) is 63.1 Å². The van der Waals surface area contributed by atoms with E-state index >= 15 is 4.39 Å². The van der Waals surface area contributed by atoms with Crippen LogP contribution in [0, 0.1) is 5.82 Å². The van der Waals surface area contributed by atoms with Crippen LogP contribution in [0.4, 0.5) is 8.78 Å². The van der Waals surface area contributed by atoms with Gasteiger partial charge < -0.3 is 10.4 Å². The minimum absolute atomic E-state index is 0.0188. The zero-order chi connectivity index (χ0) is 18.2. The van der Waals surface area contributed by atoms with Crippen molar-refractivity contribution in [2.24, 2.45) is 0 Å². The van der Waals surface area contributed by atoms with E-state index in [0.29, 0.717) is 0 Å². The normalized spacial score (nSPS) is 22.4. The van der Waals surface area contributed by atoms with Crippen LogP contribution < -0.4 is 5.32 Å². The summed E-state index contributed by atoms with van der Waals surface area (Å²) in [5, 5.41) is 12.5. The highest BCUT2D eigenvalue weighted by Gasteiger charge is 2.46. The van der Waals surface area contributed by atoms with E-state index < -0.39 is 23.5 Å². The maximum absolute atomic E-state index is 15.4. The van der Waals surface area contributed by atoms with Gasteiger partial charge in [-0.2, -0.15) is 0 Å². The first-order valence-electron chi connectivity index (χ1n) is 7.57. The number of aliphatic hydroxyl groups excluding tert-OH is 1. The lowest BCUT2D eigenvalue weighted by Crippen LogP contribution is -2.44. The molecule has 0 saturated heterocycles. The molecule has 2 aromatic rings. The van der Waals surface area contributed by atoms with E-state index in [1.165, 1.54) is 24.4 Å². The van der Waals surface area contributed by atoms with Gasteiger partial charge in [-0.3, -0.25) is 9.78 Å². The maximum Gasteiger partial charge on any atom is 0.262 e. The lowest BCUT2D eigenvalue weighted by Gasteiger charge is -2.32. The molecule has 3 rings (SSSR count). The van der Waals surface area contributed by atoms with Crippen LogP contribution >= 0.6 is 23.2 Å². The highest BCUT2D eigenvalue weighted by molar-refractivity contribution is 6.35. The SMILES string of the molecule is O=C(NCc1c(F)cc(Cl)cc1Cl)[C@]1(F)CC[C@H](O)c2ncccc21. The zero-order valence-corrected chi connectivity index (χ0v) is 14.4. The lowest BCUT2D eigenvalue weighted by molar-refractivity contribution is -0.135. The fourth-order valence-corrected chi connectivity index (χ4v) is 3.45. The third kappa shape index (κ3) is 3.34. The molecular formula is C17H14Cl2F2N2O2. The van der Waals surface area contributed by atoms with Crippen LogP contribution in [0.3, 0.4) is 0 Å². The maximum atomic E-state index is 15.4. The minimum atomic E-state index is -2.35. The molecule has 0 unspecified atom stereocenters. The highest BCUT2D eigenvalue weighted by atomic mass is 35.5. The fourth-order valence-electron chi connectivity index (χ4n) is 2.91. The highest BCUT2D eigenvalue weighted by Crippen LogP contribution is 2.42. The first-order valence-corrected chi connectivity index (χ1v) is 8.32. The van der Waals surface area contributed by atoms with Gasteiger partial charge in [0.2, 0.25) is 5.67 Å². The van der Waals surface area contributed by atoms with E-state index in [-0.39, 0.29) is 46.3 Å². The number of nitrogens with zero attached hydrogens (tertiary/aromatic N) is 1. The van der Waals surface area contributed by atoms with Crippen LogP contribution in [-0.2, 0) is 17.0 Å². The van der Waals surface area contributed by atoms with Crippen molar-refractivity contribution in [2.45, 2.75) is 31.2 Å². The molecule has 0 radical (unpaired) electrons. The van der Waals surface area contributed by atoms with Crippen molar-refractivity contribution in [1.82, 2.24) is 10.3 Å². The Morgan fingerprint density at radius 2 is 2.20 bits per heavy atom. The Hall–Kier alpha value is -1.76. The van der Waals surface area contributed by atoms with Crippen molar-refractivity contribution in [2.75, 3.05) is 0 Å². The molecule has 0 aliphatic heterocycles. The van der Waals surface area contributed by atoms with Gasteiger partial charge in [-0.05, 0) is 31.0 Å². The number of rotatable bonds is 3. The molecule has 1 heterocycles. The fraction of sp³-hybridized carbons (Fsp3) is 0.294. The van der Waals surface area contributed by atoms with Crippen molar-refractivity contribution < 1.29 is 18.7 Å². The number of aromatic nitrogens is 1. The summed E-state index contributed by atoms with van der Waals surface area (Å²) < 4.78 is 29.3. The van der Waals surface area contributed by atoms with Crippen LogP contribution in [0.15, 0.2) is 30.5 Å². The molecule has 4 nitrogen and oxygen atoms in total. The van der Waals surface area contributed by atoms with Gasteiger partial charge in [0, 0.05) is 33.9 Å². The van der Waals surface area contributed by atoms with E-state index in [1.54, 1.807) is 0 Å². The summed E-state index contributed by atoms with van der Waals surface area (Å²) in [6.07, 6.45) is 0.365. The third-order valence-electron chi connectivity index (χ3n) is 4.23. The second-order valence-corrected chi connectivity index (χ2v) is 6.67. The summed E-state index contributed by atoms with van der Waals surface area (Å²) in [6.45, 7) is -0.287. The van der Waals surface area contributed by atoms with E-state index in [4.69, 9.17) is 23.2 Å². The van der Waals surface area contributed by atoms with Gasteiger partial charge in [0.25, 0.3) is 5.91 Å². The molecular weight excluding hydrogens is 373 g/mol. The van der Waals surface area contributed by atoms with Gasteiger partial charge in [0.1, 0.15) is 5.82 Å². The van der Waals surface area contributed by atoms with Gasteiger partial charge in [-0.25, -0.2) is 8.78 Å². The second kappa shape index (κ2) is 6.86. The van der Waals surface area contributed by atoms with Gasteiger partial charge in [-0.1, -0.05) is 29.3 Å². The number of pyridine rings is 1. The average molecular weight is 387 g/mol. The standard InChI is InChI=1S/C17H14Cl2F2N2O2/c18-9-6-12(19)10(13(20)7-9)8-23-16(25)17(21)4-3-14(24)15-11(17)2-1-5-22-15/h1-2,5-7,14,24H,3-4,8H2,(H,23,25)/t14-,17-/m0/s1. The zero-order valence-electron chi connectivity index (χ0n) is 12.9. The minimum Gasteiger partial charge on any atom is -0.387 e. The monoisotopic (exact) mass is 386 g/mol. The Balaban J connectivity index is 1.84. The summed E-state index contributed by atoms with van der Waals surface area (Å²) in [5.74, 6) is -1.62. The smallest absolute Gasteiger partial charge is 0.262 e. The van der Waals surface area contributed by atoms with Crippen molar-refractivity contribution in [1.29, 1.82) is 0 Å². The molecule has 132 valence electrons. The average Bonchev–Trinajstić information content (AvgIpc) is 2.57. The predicted molar refractivity (Wildman–Crippen MR) is 89.5 cm³/mol. The van der Waals surface area contributed by atoms with Crippen molar-refractivity contribution in [3.63, 3.8) is 0 Å². The number of fused-ring (bicyclic) bond motifs is 1. The van der Waals surface area contributed by atoms with Crippen LogP contribution in [-0.4, -0.2) is 16.0 Å². The number of nitrogens with one attached hydrogen (secondary N) is 1. The number of alkyl halides is 1. The van der Waals surface area contributed by atoms with Crippen molar-refractivity contribution in [3.8, 4) is 0 Å². The van der Waals surface area contributed by atoms with E-state index in [9.17, 15) is 14.3 Å². The van der Waals surface area contributed by atoms with Gasteiger partial charge in [0.15, 0.2) is 0 Å². The molecule has 2 atom stereocenters. The summed E-state index contributed by atoms with van der Waals surface area (Å²) in [5.41, 5.74) is -2.17. The summed E-state index contributed by atoms with van der Waals surface area (Å²) >= 11 is 11.6. The van der Waals surface area contributed by atoms with Crippen LogP contribution in [0.25, 0.3) is 0 Å². The molecule has 1 aromatic carbocycles. The Bertz CT molecular complexity index is 811. The number of hydrogen-bond acceptors (Lipinski definition) is 3. The first kappa shape index (κ1) is 18.0. The van der Waals surface area contributed by atoms with E-state index in [0.717, 1.165) is 6.07 Å². The Morgan fingerprint density at radius 1 is 1.44 bits per heavy atom. The molecule has 2 N–H and O–H groups in total. The summed E-state index contributed by atoms with van der Waals surface area (Å²) in [6, 6.07) is 5.32. The number of halogens is 4. The molecule has 8 heteroatoms. The third-order valence-corrected chi connectivity index (χ3v) is 4.79. The predicted octanol–water partition coefficient (Wildman–Crippen LogP) is 3.84. The van der Waals surface area contributed by atoms with Crippen molar-refractivity contribution >= 4 is 29.1 Å². The number of carbonyl (C=O) groups excluding carboxylic acids is 1. The molecule has 1 aliphatic carbocycles. The van der Waals surface area contributed by atoms with E-state index in [1.807, 2.05) is 0 Å². The summed E-state index contributed by atoms with van der Waals surface area (Å²) in [4.78, 5) is 16.4. The van der Waals surface area contributed by atoms with Crippen LogP contribution in [0.5, 0.6) is 0 Å². The van der Waals surface area contributed by atoms with Gasteiger partial charge in [-0.15, -0.1) is 0 Å². The van der Waals surface area contributed by atoms with Gasteiger partial charge >= 0.3 is 0 Å². The van der Waals surface area contributed by atoms with Crippen LogP contribution in [0.2, 0.25) is 10.0 Å². The first-order chi connectivity index (χ1) is 11.8. The Kier molecular flexibility index (Phi) is 4.95. The molecule has 1 aliphatic rings. The quantitative estimate of drug-likeness (QED) is 0.842. The molecule has 0 saturated carbocycles. The number of carbonyl (C=O) groups is 1. The molecule has 0 bridgehead atoms. The molecule has 0 spiro atoms. The molecule has 1 amide bonds. The van der Waals surface area contributed by atoms with E-state index in [2.05, 4.69) is 10.3 Å². The Morgan fingerprint density at radius 3 is 2.92 bits per heavy atom. The van der Waals surface area contributed by atoms with Gasteiger partial charge in [0.05, 0.1) is 11.8 Å². The number of benzene rings is 1. The lowest BCUT2D eigenvalue weighted by atomic mass is 9.81. The number of aliphatic hydroxyl groups is 1. The topological polar surface area (TPSA) is 62.2 Å². The van der Waals surface area contributed by atoms with Crippen LogP contribution in [0.1, 0.15) is 35.8 Å². The largest absolute Gasteiger partial charge is 0.387 e. The number of hydrogen-bond donors (Lipinski definition) is 2.